The molecule has 3 rings (SSSR count). The summed E-state index contributed by atoms with van der Waals surface area (Å²) in [6, 6.07) is 6.77. The van der Waals surface area contributed by atoms with Crippen molar-refractivity contribution in [3.05, 3.63) is 30.1 Å². The van der Waals surface area contributed by atoms with Crippen molar-refractivity contribution in [1.29, 1.82) is 0 Å². The van der Waals surface area contributed by atoms with Crippen LogP contribution in [0.15, 0.2) is 29.4 Å². The molecule has 0 radical (unpaired) electrons. The van der Waals surface area contributed by atoms with Crippen LogP contribution in [-0.4, -0.2) is 33.0 Å². The van der Waals surface area contributed by atoms with Crippen molar-refractivity contribution in [2.75, 3.05) is 12.3 Å². The van der Waals surface area contributed by atoms with Crippen molar-refractivity contribution in [1.82, 2.24) is 20.1 Å². The molecule has 1 saturated carbocycles. The normalized spacial score (nSPS) is 13.6. The minimum absolute atomic E-state index is 0.161. The highest BCUT2D eigenvalue weighted by Crippen LogP contribution is 2.41. The van der Waals surface area contributed by atoms with E-state index in [1.807, 2.05) is 4.57 Å². The maximum atomic E-state index is 14.0. The summed E-state index contributed by atoms with van der Waals surface area (Å²) in [6.07, 6.45) is 7.13. The first kappa shape index (κ1) is 15.6. The van der Waals surface area contributed by atoms with E-state index in [-0.39, 0.29) is 30.1 Å². The fourth-order valence-electron chi connectivity index (χ4n) is 2.19. The van der Waals surface area contributed by atoms with Crippen LogP contribution in [-0.2, 0) is 4.79 Å². The van der Waals surface area contributed by atoms with E-state index in [1.54, 1.807) is 18.2 Å². The van der Waals surface area contributed by atoms with Gasteiger partial charge in [-0.25, -0.2) is 4.39 Å². The zero-order valence-corrected chi connectivity index (χ0v) is 13.1. The van der Waals surface area contributed by atoms with Gasteiger partial charge < -0.3 is 5.32 Å². The lowest BCUT2D eigenvalue weighted by Crippen LogP contribution is -2.25. The first-order valence-electron chi connectivity index (χ1n) is 7.23. The predicted molar refractivity (Wildman–Crippen MR) is 86.3 cm³/mol. The minimum atomic E-state index is -0.329. The van der Waals surface area contributed by atoms with Crippen molar-refractivity contribution in [2.45, 2.75) is 24.0 Å². The molecule has 1 aromatic heterocycles. The van der Waals surface area contributed by atoms with Crippen LogP contribution >= 0.6 is 11.8 Å². The van der Waals surface area contributed by atoms with Crippen LogP contribution in [0.25, 0.3) is 11.4 Å². The Morgan fingerprint density at radius 2 is 2.22 bits per heavy atom. The van der Waals surface area contributed by atoms with Gasteiger partial charge in [0.05, 0.1) is 17.9 Å². The number of hydrogen-bond acceptors (Lipinski definition) is 4. The van der Waals surface area contributed by atoms with Gasteiger partial charge in [-0.1, -0.05) is 29.8 Å². The molecule has 0 spiro atoms. The number of halogens is 1. The van der Waals surface area contributed by atoms with Gasteiger partial charge in [0.25, 0.3) is 0 Å². The second-order valence-electron chi connectivity index (χ2n) is 5.16. The molecule has 1 amide bonds. The molecule has 1 aliphatic carbocycles. The standard InChI is InChI=1S/C16H15FN4OS/c1-2-9-18-14(22)10-23-16-20-19-15(21(16)11-7-8-11)12-5-3-4-6-13(12)17/h1,3-6,11H,7-10H2,(H,18,22). The maximum Gasteiger partial charge on any atom is 0.231 e. The Balaban J connectivity index is 1.81. The van der Waals surface area contributed by atoms with Gasteiger partial charge in [0.1, 0.15) is 5.82 Å². The molecule has 0 bridgehead atoms. The summed E-state index contributed by atoms with van der Waals surface area (Å²) in [4.78, 5) is 11.7. The summed E-state index contributed by atoms with van der Waals surface area (Å²) in [6.45, 7) is 0.204. The largest absolute Gasteiger partial charge is 0.344 e. The van der Waals surface area contributed by atoms with Crippen molar-refractivity contribution in [2.24, 2.45) is 0 Å². The minimum Gasteiger partial charge on any atom is -0.344 e. The highest BCUT2D eigenvalue weighted by Gasteiger charge is 2.31. The monoisotopic (exact) mass is 330 g/mol. The summed E-state index contributed by atoms with van der Waals surface area (Å²) in [5.41, 5.74) is 0.426. The molecule has 1 aromatic carbocycles. The fraction of sp³-hybridized carbons (Fsp3) is 0.312. The first-order valence-corrected chi connectivity index (χ1v) is 8.22. The lowest BCUT2D eigenvalue weighted by Gasteiger charge is -2.09. The second-order valence-corrected chi connectivity index (χ2v) is 6.10. The predicted octanol–water partition coefficient (Wildman–Crippen LogP) is 2.26. The Morgan fingerprint density at radius 1 is 1.43 bits per heavy atom. The van der Waals surface area contributed by atoms with Crippen LogP contribution in [0.3, 0.4) is 0 Å². The third-order valence-corrected chi connectivity index (χ3v) is 4.35. The molecular formula is C16H15FN4OS. The van der Waals surface area contributed by atoms with E-state index in [0.717, 1.165) is 12.8 Å². The number of terminal acetylenes is 1. The average molecular weight is 330 g/mol. The first-order chi connectivity index (χ1) is 11.2. The van der Waals surface area contributed by atoms with Gasteiger partial charge in [0.2, 0.25) is 5.91 Å². The quantitative estimate of drug-likeness (QED) is 0.652. The fourth-order valence-corrected chi connectivity index (χ4v) is 3.03. The van der Waals surface area contributed by atoms with E-state index in [9.17, 15) is 9.18 Å². The SMILES string of the molecule is C#CCNC(=O)CSc1nnc(-c2ccccc2F)n1C1CC1. The van der Waals surface area contributed by atoms with Gasteiger partial charge in [-0.15, -0.1) is 16.6 Å². The lowest BCUT2D eigenvalue weighted by atomic mass is 10.2. The number of carbonyl (C=O) groups is 1. The molecule has 23 heavy (non-hydrogen) atoms. The number of carbonyl (C=O) groups excluding carboxylic acids is 1. The van der Waals surface area contributed by atoms with Crippen molar-refractivity contribution < 1.29 is 9.18 Å². The molecule has 2 aromatic rings. The summed E-state index contributed by atoms with van der Waals surface area (Å²) in [5, 5.41) is 11.5. The molecule has 1 heterocycles. The highest BCUT2D eigenvalue weighted by molar-refractivity contribution is 7.99. The van der Waals surface area contributed by atoms with E-state index in [4.69, 9.17) is 6.42 Å². The van der Waals surface area contributed by atoms with Crippen LogP contribution in [0.4, 0.5) is 4.39 Å². The number of benzene rings is 1. The Kier molecular flexibility index (Phi) is 4.63. The third-order valence-electron chi connectivity index (χ3n) is 3.41. The van der Waals surface area contributed by atoms with Crippen molar-refractivity contribution >= 4 is 17.7 Å². The van der Waals surface area contributed by atoms with Gasteiger partial charge in [0.15, 0.2) is 11.0 Å². The van der Waals surface area contributed by atoms with Crippen LogP contribution in [0.5, 0.6) is 0 Å². The molecule has 1 fully saturated rings. The number of hydrogen-bond donors (Lipinski definition) is 1. The molecule has 0 aliphatic heterocycles. The number of nitrogens with zero attached hydrogens (tertiary/aromatic N) is 3. The van der Waals surface area contributed by atoms with E-state index in [0.29, 0.717) is 16.5 Å². The zero-order chi connectivity index (χ0) is 16.2. The van der Waals surface area contributed by atoms with E-state index < -0.39 is 0 Å². The number of amides is 1. The molecule has 7 heteroatoms. The number of rotatable bonds is 6. The van der Waals surface area contributed by atoms with E-state index in [2.05, 4.69) is 21.4 Å². The highest BCUT2D eigenvalue weighted by atomic mass is 32.2. The van der Waals surface area contributed by atoms with Gasteiger partial charge >= 0.3 is 0 Å². The Hall–Kier alpha value is -2.33. The topological polar surface area (TPSA) is 59.8 Å². The Labute approximate surface area is 137 Å². The van der Waals surface area contributed by atoms with Crippen LogP contribution in [0.1, 0.15) is 18.9 Å². The zero-order valence-electron chi connectivity index (χ0n) is 12.3. The van der Waals surface area contributed by atoms with Gasteiger partial charge in [-0.05, 0) is 25.0 Å². The molecule has 0 unspecified atom stereocenters. The van der Waals surface area contributed by atoms with Crippen molar-refractivity contribution in [3.63, 3.8) is 0 Å². The summed E-state index contributed by atoms with van der Waals surface area (Å²) >= 11 is 1.28. The van der Waals surface area contributed by atoms with Gasteiger partial charge in [-0.3, -0.25) is 9.36 Å². The molecule has 1 aliphatic rings. The van der Waals surface area contributed by atoms with Crippen LogP contribution < -0.4 is 5.32 Å². The number of thioether (sulfide) groups is 1. The average Bonchev–Trinajstić information content (AvgIpc) is 3.31. The maximum absolute atomic E-state index is 14.0. The number of aromatic nitrogens is 3. The molecule has 118 valence electrons. The lowest BCUT2D eigenvalue weighted by molar-refractivity contribution is -0.118. The van der Waals surface area contributed by atoms with Gasteiger partial charge in [0, 0.05) is 6.04 Å². The summed E-state index contributed by atoms with van der Waals surface area (Å²) < 4.78 is 16.0. The molecule has 0 saturated heterocycles. The van der Waals surface area contributed by atoms with Crippen molar-refractivity contribution in [3.8, 4) is 23.7 Å². The van der Waals surface area contributed by atoms with Crippen LogP contribution in [0, 0.1) is 18.2 Å². The Morgan fingerprint density at radius 3 is 2.91 bits per heavy atom. The molecule has 5 nitrogen and oxygen atoms in total. The van der Waals surface area contributed by atoms with E-state index in [1.165, 1.54) is 17.8 Å². The second kappa shape index (κ2) is 6.84. The van der Waals surface area contributed by atoms with E-state index >= 15 is 0 Å². The van der Waals surface area contributed by atoms with Crippen LogP contribution in [0.2, 0.25) is 0 Å². The molecular weight excluding hydrogens is 315 g/mol. The van der Waals surface area contributed by atoms with Gasteiger partial charge in [-0.2, -0.15) is 0 Å². The third kappa shape index (κ3) is 3.54. The Bertz CT molecular complexity index is 764. The molecule has 0 atom stereocenters. The molecule has 1 N–H and O–H groups in total. The number of nitrogens with one attached hydrogen (secondary N) is 1. The smallest absolute Gasteiger partial charge is 0.231 e. The summed E-state index contributed by atoms with van der Waals surface area (Å²) in [5.74, 6) is 2.57. The summed E-state index contributed by atoms with van der Waals surface area (Å²) in [7, 11) is 0.